The Bertz CT molecular complexity index is 336. The largest absolute Gasteiger partial charge is 0.390 e. The van der Waals surface area contributed by atoms with Crippen molar-refractivity contribution in [1.29, 1.82) is 0 Å². The van der Waals surface area contributed by atoms with Gasteiger partial charge >= 0.3 is 6.03 Å². The second-order valence-corrected chi connectivity index (χ2v) is 7.03. The lowest BCUT2D eigenvalue weighted by Gasteiger charge is -2.36. The fourth-order valence-corrected chi connectivity index (χ4v) is 3.14. The molecule has 5 heteroatoms. The van der Waals surface area contributed by atoms with Gasteiger partial charge in [0.1, 0.15) is 0 Å². The van der Waals surface area contributed by atoms with Crippen molar-refractivity contribution in [3.63, 3.8) is 0 Å². The van der Waals surface area contributed by atoms with Gasteiger partial charge in [-0.2, -0.15) is 0 Å². The van der Waals surface area contributed by atoms with E-state index in [1.807, 2.05) is 0 Å². The van der Waals surface area contributed by atoms with Crippen LogP contribution >= 0.6 is 0 Å². The number of amides is 2. The van der Waals surface area contributed by atoms with Crippen molar-refractivity contribution >= 4 is 6.03 Å². The minimum atomic E-state index is -0.509. The Morgan fingerprint density at radius 2 is 2.00 bits per heavy atom. The summed E-state index contributed by atoms with van der Waals surface area (Å²) in [6, 6.07) is 0.272. The molecular weight excluding hydrogens is 266 g/mol. The van der Waals surface area contributed by atoms with Gasteiger partial charge in [0.25, 0.3) is 0 Å². The summed E-state index contributed by atoms with van der Waals surface area (Å²) in [4.78, 5) is 14.2. The van der Waals surface area contributed by atoms with Gasteiger partial charge < -0.3 is 15.7 Å². The summed E-state index contributed by atoms with van der Waals surface area (Å²) in [6.45, 7) is 8.00. The van der Waals surface area contributed by atoms with Gasteiger partial charge in [0.05, 0.1) is 5.60 Å². The van der Waals surface area contributed by atoms with Crippen molar-refractivity contribution in [2.45, 2.75) is 64.0 Å². The predicted molar refractivity (Wildman–Crippen MR) is 84.3 cm³/mol. The van der Waals surface area contributed by atoms with E-state index in [1.54, 1.807) is 0 Å². The molecular formula is C16H31N3O2. The monoisotopic (exact) mass is 297 g/mol. The minimum absolute atomic E-state index is 0.116. The highest BCUT2D eigenvalue weighted by Gasteiger charge is 2.33. The number of rotatable bonds is 6. The van der Waals surface area contributed by atoms with Gasteiger partial charge in [-0.3, -0.25) is 4.90 Å². The molecule has 0 aromatic carbocycles. The van der Waals surface area contributed by atoms with Gasteiger partial charge in [0.2, 0.25) is 0 Å². The summed E-state index contributed by atoms with van der Waals surface area (Å²) in [5, 5.41) is 15.7. The number of likely N-dealkylation sites (tertiary alicyclic amines) is 1. The lowest BCUT2D eigenvalue weighted by atomic mass is 9.78. The van der Waals surface area contributed by atoms with Crippen molar-refractivity contribution in [1.82, 2.24) is 15.5 Å². The number of carbonyl (C=O) groups excluding carboxylic acids is 1. The van der Waals surface area contributed by atoms with Gasteiger partial charge in [0.15, 0.2) is 0 Å². The van der Waals surface area contributed by atoms with Gasteiger partial charge in [-0.15, -0.1) is 0 Å². The van der Waals surface area contributed by atoms with Crippen LogP contribution in [0.3, 0.4) is 0 Å². The van der Waals surface area contributed by atoms with E-state index in [-0.39, 0.29) is 6.03 Å². The van der Waals surface area contributed by atoms with E-state index >= 15 is 0 Å². The molecule has 3 N–H and O–H groups in total. The molecule has 122 valence electrons. The summed E-state index contributed by atoms with van der Waals surface area (Å²) >= 11 is 0. The number of hydrogen-bond donors (Lipinski definition) is 3. The Morgan fingerprint density at radius 1 is 1.33 bits per heavy atom. The maximum Gasteiger partial charge on any atom is 0.314 e. The lowest BCUT2D eigenvalue weighted by molar-refractivity contribution is -0.0389. The van der Waals surface area contributed by atoms with Crippen molar-refractivity contribution in [2.75, 3.05) is 26.2 Å². The van der Waals surface area contributed by atoms with Crippen molar-refractivity contribution in [3.05, 3.63) is 0 Å². The fraction of sp³-hybridized carbons (Fsp3) is 0.938. The molecule has 2 fully saturated rings. The van der Waals surface area contributed by atoms with Crippen molar-refractivity contribution in [2.24, 2.45) is 5.92 Å². The first-order chi connectivity index (χ1) is 9.98. The topological polar surface area (TPSA) is 64.6 Å². The van der Waals surface area contributed by atoms with Gasteiger partial charge in [-0.25, -0.2) is 4.79 Å². The molecule has 0 aromatic rings. The van der Waals surface area contributed by atoms with Crippen LogP contribution in [0.15, 0.2) is 0 Å². The Balaban J connectivity index is 1.55. The zero-order chi connectivity index (χ0) is 15.3. The zero-order valence-electron chi connectivity index (χ0n) is 13.5. The maximum absolute atomic E-state index is 11.8. The van der Waals surface area contributed by atoms with Crippen LogP contribution in [0.4, 0.5) is 4.79 Å². The molecule has 1 aliphatic carbocycles. The molecule has 21 heavy (non-hydrogen) atoms. The number of piperidine rings is 1. The maximum atomic E-state index is 11.8. The first kappa shape index (κ1) is 16.6. The van der Waals surface area contributed by atoms with Crippen LogP contribution in [0.5, 0.6) is 0 Å². The highest BCUT2D eigenvalue weighted by molar-refractivity contribution is 5.73. The Morgan fingerprint density at radius 3 is 2.57 bits per heavy atom. The van der Waals surface area contributed by atoms with Crippen LogP contribution in [0, 0.1) is 5.92 Å². The molecule has 0 radical (unpaired) electrons. The number of hydrogen-bond acceptors (Lipinski definition) is 3. The fourth-order valence-electron chi connectivity index (χ4n) is 3.14. The van der Waals surface area contributed by atoms with Gasteiger partial charge in [0, 0.05) is 19.1 Å². The van der Waals surface area contributed by atoms with Crippen LogP contribution in [-0.4, -0.2) is 53.9 Å². The minimum Gasteiger partial charge on any atom is -0.390 e. The third kappa shape index (κ3) is 5.15. The summed E-state index contributed by atoms with van der Waals surface area (Å²) < 4.78 is 0. The van der Waals surface area contributed by atoms with Crippen LogP contribution in [0.2, 0.25) is 0 Å². The molecule has 1 heterocycles. The molecule has 1 saturated heterocycles. The number of nitrogens with one attached hydrogen (secondary N) is 2. The predicted octanol–water partition coefficient (Wildman–Crippen LogP) is 1.71. The molecule has 1 atom stereocenters. The molecule has 2 aliphatic rings. The summed E-state index contributed by atoms with van der Waals surface area (Å²) in [6.07, 6.45) is 6.04. The molecule has 2 amide bonds. The average molecular weight is 297 g/mol. The van der Waals surface area contributed by atoms with Crippen LogP contribution in [0.1, 0.15) is 52.4 Å². The normalized spacial score (nSPS) is 24.1. The summed E-state index contributed by atoms with van der Waals surface area (Å²) in [5.74, 6) is 0.835. The van der Waals surface area contributed by atoms with Gasteiger partial charge in [-0.1, -0.05) is 6.92 Å². The van der Waals surface area contributed by atoms with E-state index in [4.69, 9.17) is 0 Å². The highest BCUT2D eigenvalue weighted by Crippen LogP contribution is 2.33. The van der Waals surface area contributed by atoms with E-state index < -0.39 is 5.60 Å². The standard InChI is InChI=1S/C16H31N3O2/c1-13-4-10-19(11-5-13)14(2)12-18-15(20)17-9-8-16(21)6-3-7-16/h13-14,21H,3-12H2,1-2H3,(H2,17,18,20)/t14-/m0/s1. The number of aliphatic hydroxyl groups is 1. The highest BCUT2D eigenvalue weighted by atomic mass is 16.3. The Hall–Kier alpha value is -0.810. The van der Waals surface area contributed by atoms with E-state index in [2.05, 4.69) is 29.4 Å². The molecule has 0 bridgehead atoms. The van der Waals surface area contributed by atoms with Crippen LogP contribution in [0.25, 0.3) is 0 Å². The quantitative estimate of drug-likeness (QED) is 0.699. The van der Waals surface area contributed by atoms with E-state index in [9.17, 15) is 9.90 Å². The first-order valence-electron chi connectivity index (χ1n) is 8.47. The molecule has 5 nitrogen and oxygen atoms in total. The molecule has 0 spiro atoms. The number of urea groups is 1. The van der Waals surface area contributed by atoms with Crippen LogP contribution < -0.4 is 10.6 Å². The molecule has 0 aromatic heterocycles. The van der Waals surface area contributed by atoms with Crippen molar-refractivity contribution < 1.29 is 9.90 Å². The summed E-state index contributed by atoms with van der Waals surface area (Å²) in [7, 11) is 0. The Kier molecular flexibility index (Phi) is 5.88. The molecule has 1 aliphatic heterocycles. The summed E-state index contributed by atoms with van der Waals surface area (Å²) in [5.41, 5.74) is -0.509. The second-order valence-electron chi connectivity index (χ2n) is 7.03. The van der Waals surface area contributed by atoms with Crippen molar-refractivity contribution in [3.8, 4) is 0 Å². The number of carbonyl (C=O) groups is 1. The van der Waals surface area contributed by atoms with E-state index in [1.165, 1.54) is 12.8 Å². The average Bonchev–Trinajstić information content (AvgIpc) is 2.43. The molecule has 0 unspecified atom stereocenters. The first-order valence-corrected chi connectivity index (χ1v) is 8.47. The lowest BCUT2D eigenvalue weighted by Crippen LogP contribution is -2.48. The number of nitrogens with zero attached hydrogens (tertiary/aromatic N) is 1. The van der Waals surface area contributed by atoms with E-state index in [0.29, 0.717) is 25.6 Å². The Labute approximate surface area is 128 Å². The van der Waals surface area contributed by atoms with E-state index in [0.717, 1.165) is 38.3 Å². The molecule has 2 rings (SSSR count). The van der Waals surface area contributed by atoms with Gasteiger partial charge in [-0.05, 0) is 64.5 Å². The SMILES string of the molecule is CC1CCN([C@@H](C)CNC(=O)NCCC2(O)CCC2)CC1. The third-order valence-corrected chi connectivity index (χ3v) is 5.16. The zero-order valence-corrected chi connectivity index (χ0v) is 13.5. The van der Waals surface area contributed by atoms with Crippen LogP contribution in [-0.2, 0) is 0 Å². The molecule has 1 saturated carbocycles. The second kappa shape index (κ2) is 7.45. The third-order valence-electron chi connectivity index (χ3n) is 5.16. The smallest absolute Gasteiger partial charge is 0.314 e.